The van der Waals surface area contributed by atoms with Gasteiger partial charge in [-0.05, 0) is 16.7 Å². The van der Waals surface area contributed by atoms with Gasteiger partial charge in [0.2, 0.25) is 5.91 Å². The van der Waals surface area contributed by atoms with Crippen molar-refractivity contribution in [3.63, 3.8) is 0 Å². The second-order valence-corrected chi connectivity index (χ2v) is 6.10. The molecule has 1 aliphatic heterocycles. The van der Waals surface area contributed by atoms with E-state index in [1.165, 1.54) is 0 Å². The number of carbonyl (C=O) groups excluding carboxylic acids is 1. The summed E-state index contributed by atoms with van der Waals surface area (Å²) in [4.78, 5) is 14.5. The molecule has 4 rings (SSSR count). The van der Waals surface area contributed by atoms with Gasteiger partial charge < -0.3 is 4.90 Å². The zero-order valence-electron chi connectivity index (χ0n) is 13.4. The third-order valence-corrected chi connectivity index (χ3v) is 4.83. The number of β-lactam (4-membered cyclic amide) rings is 1. The average Bonchev–Trinajstić information content (AvgIpc) is 2.67. The van der Waals surface area contributed by atoms with Crippen LogP contribution in [0.4, 0.5) is 0 Å². The molecule has 1 fully saturated rings. The summed E-state index contributed by atoms with van der Waals surface area (Å²) in [5.41, 5.74) is 2.79. The van der Waals surface area contributed by atoms with Crippen LogP contribution < -0.4 is 0 Å². The molecule has 2 heteroatoms. The van der Waals surface area contributed by atoms with E-state index in [1.807, 2.05) is 59.5 Å². The number of carbonyl (C=O) groups is 1. The van der Waals surface area contributed by atoms with Gasteiger partial charge in [-0.2, -0.15) is 0 Å². The number of benzene rings is 3. The first-order chi connectivity index (χ1) is 11.8. The Kier molecular flexibility index (Phi) is 3.66. The van der Waals surface area contributed by atoms with Crippen molar-refractivity contribution < 1.29 is 4.79 Å². The lowest BCUT2D eigenvalue weighted by Crippen LogP contribution is -2.57. The molecule has 0 spiro atoms. The topological polar surface area (TPSA) is 20.3 Å². The van der Waals surface area contributed by atoms with Crippen LogP contribution in [0.3, 0.4) is 0 Å². The van der Waals surface area contributed by atoms with Gasteiger partial charge >= 0.3 is 0 Å². The average molecular weight is 313 g/mol. The molecule has 0 aromatic heterocycles. The molecule has 0 unspecified atom stereocenters. The monoisotopic (exact) mass is 313 g/mol. The summed E-state index contributed by atoms with van der Waals surface area (Å²) < 4.78 is 0. The molecule has 1 saturated heterocycles. The minimum Gasteiger partial charge on any atom is -0.324 e. The van der Waals surface area contributed by atoms with E-state index in [9.17, 15) is 4.79 Å². The molecule has 0 aliphatic carbocycles. The second-order valence-electron chi connectivity index (χ2n) is 6.10. The van der Waals surface area contributed by atoms with Crippen LogP contribution >= 0.6 is 0 Å². The number of amides is 1. The summed E-state index contributed by atoms with van der Waals surface area (Å²) >= 11 is 0. The Bertz CT molecular complexity index is 731. The molecular weight excluding hydrogens is 294 g/mol. The molecule has 2 nitrogen and oxygen atoms in total. The smallest absolute Gasteiger partial charge is 0.225 e. The van der Waals surface area contributed by atoms with Crippen LogP contribution in [-0.2, 0) is 10.3 Å². The van der Waals surface area contributed by atoms with Crippen LogP contribution in [0.5, 0.6) is 0 Å². The molecule has 24 heavy (non-hydrogen) atoms. The molecule has 0 saturated carbocycles. The van der Waals surface area contributed by atoms with E-state index < -0.39 is 5.54 Å². The molecule has 1 heterocycles. The van der Waals surface area contributed by atoms with Crippen LogP contribution in [0.2, 0.25) is 0 Å². The highest BCUT2D eigenvalue weighted by molar-refractivity contribution is 5.84. The highest BCUT2D eigenvalue weighted by atomic mass is 16.2. The van der Waals surface area contributed by atoms with Gasteiger partial charge in [0.15, 0.2) is 0 Å². The van der Waals surface area contributed by atoms with Gasteiger partial charge in [-0.3, -0.25) is 4.79 Å². The van der Waals surface area contributed by atoms with Crippen molar-refractivity contribution in [2.75, 3.05) is 6.54 Å². The third kappa shape index (κ3) is 2.15. The van der Waals surface area contributed by atoms with Crippen molar-refractivity contribution in [2.24, 2.45) is 0 Å². The van der Waals surface area contributed by atoms with Gasteiger partial charge in [0.1, 0.15) is 5.54 Å². The van der Waals surface area contributed by atoms with Gasteiger partial charge in [0.25, 0.3) is 0 Å². The Morgan fingerprint density at radius 1 is 0.625 bits per heavy atom. The summed E-state index contributed by atoms with van der Waals surface area (Å²) in [6, 6.07) is 31.0. The minimum atomic E-state index is -0.570. The van der Waals surface area contributed by atoms with E-state index in [0.29, 0.717) is 6.42 Å². The minimum absolute atomic E-state index is 0.201. The number of likely N-dealkylation sites (tertiary alicyclic amines) is 1. The van der Waals surface area contributed by atoms with E-state index in [2.05, 4.69) is 36.4 Å². The number of hydrogen-bond acceptors (Lipinski definition) is 1. The quantitative estimate of drug-likeness (QED) is 0.522. The fourth-order valence-corrected chi connectivity index (χ4v) is 3.68. The molecule has 1 amide bonds. The maximum atomic E-state index is 12.5. The summed E-state index contributed by atoms with van der Waals surface area (Å²) in [6.45, 7) is 0.775. The first-order valence-corrected chi connectivity index (χ1v) is 8.30. The van der Waals surface area contributed by atoms with E-state index in [4.69, 9.17) is 0 Å². The maximum Gasteiger partial charge on any atom is 0.225 e. The van der Waals surface area contributed by atoms with E-state index in [0.717, 1.165) is 23.2 Å². The lowest BCUT2D eigenvalue weighted by atomic mass is 9.74. The summed E-state index contributed by atoms with van der Waals surface area (Å²) in [7, 11) is 0. The normalized spacial score (nSPS) is 14.3. The van der Waals surface area contributed by atoms with Gasteiger partial charge in [-0.1, -0.05) is 91.0 Å². The van der Waals surface area contributed by atoms with Crippen molar-refractivity contribution in [3.05, 3.63) is 108 Å². The molecule has 0 radical (unpaired) electrons. The Morgan fingerprint density at radius 2 is 1.00 bits per heavy atom. The maximum absolute atomic E-state index is 12.5. The van der Waals surface area contributed by atoms with E-state index in [1.54, 1.807) is 0 Å². The van der Waals surface area contributed by atoms with E-state index >= 15 is 0 Å². The fraction of sp³-hybridized carbons (Fsp3) is 0.136. The molecular formula is C22H19NO. The molecule has 0 bridgehead atoms. The van der Waals surface area contributed by atoms with Crippen molar-refractivity contribution >= 4 is 5.91 Å². The highest BCUT2D eigenvalue weighted by Gasteiger charge is 2.47. The van der Waals surface area contributed by atoms with Crippen LogP contribution in [0.25, 0.3) is 0 Å². The first kappa shape index (κ1) is 14.7. The van der Waals surface area contributed by atoms with Crippen molar-refractivity contribution in [1.29, 1.82) is 0 Å². The molecule has 0 N–H and O–H groups in total. The summed E-state index contributed by atoms with van der Waals surface area (Å²) in [6.07, 6.45) is 0.619. The zero-order chi connectivity index (χ0) is 16.4. The predicted molar refractivity (Wildman–Crippen MR) is 95.5 cm³/mol. The standard InChI is InChI=1S/C22H19NO/c24-21-16-17-23(21)22(18-10-4-1-5-11-18,19-12-6-2-7-13-19)20-14-8-3-9-15-20/h1-15H,16-17H2. The number of rotatable bonds is 4. The Morgan fingerprint density at radius 3 is 1.25 bits per heavy atom. The number of nitrogens with zero attached hydrogens (tertiary/aromatic N) is 1. The SMILES string of the molecule is O=C1CCN1C(c1ccccc1)(c1ccccc1)c1ccccc1. The molecule has 3 aromatic rings. The first-order valence-electron chi connectivity index (χ1n) is 8.30. The third-order valence-electron chi connectivity index (χ3n) is 4.83. The van der Waals surface area contributed by atoms with Gasteiger partial charge in [0.05, 0.1) is 0 Å². The van der Waals surface area contributed by atoms with Gasteiger partial charge in [-0.15, -0.1) is 0 Å². The molecule has 0 atom stereocenters. The van der Waals surface area contributed by atoms with E-state index in [-0.39, 0.29) is 5.91 Å². The largest absolute Gasteiger partial charge is 0.324 e. The Balaban J connectivity index is 2.05. The molecule has 1 aliphatic rings. The highest BCUT2D eigenvalue weighted by Crippen LogP contribution is 2.44. The lowest BCUT2D eigenvalue weighted by molar-refractivity contribution is -0.145. The van der Waals surface area contributed by atoms with Crippen LogP contribution in [0.15, 0.2) is 91.0 Å². The molecule has 118 valence electrons. The molecule has 3 aromatic carbocycles. The van der Waals surface area contributed by atoms with Crippen molar-refractivity contribution in [3.8, 4) is 0 Å². The van der Waals surface area contributed by atoms with Crippen molar-refractivity contribution in [2.45, 2.75) is 12.0 Å². The summed E-state index contributed by atoms with van der Waals surface area (Å²) in [5, 5.41) is 0. The van der Waals surface area contributed by atoms with Crippen LogP contribution in [-0.4, -0.2) is 17.4 Å². The second kappa shape index (κ2) is 5.97. The Hall–Kier alpha value is -2.87. The van der Waals surface area contributed by atoms with Crippen LogP contribution in [0, 0.1) is 0 Å². The summed E-state index contributed by atoms with van der Waals surface area (Å²) in [5.74, 6) is 0.201. The fourth-order valence-electron chi connectivity index (χ4n) is 3.68. The van der Waals surface area contributed by atoms with Crippen molar-refractivity contribution in [1.82, 2.24) is 4.90 Å². The lowest BCUT2D eigenvalue weighted by Gasteiger charge is -2.49. The van der Waals surface area contributed by atoms with Crippen LogP contribution in [0.1, 0.15) is 23.1 Å². The predicted octanol–water partition coefficient (Wildman–Crippen LogP) is 4.21. The Labute approximate surface area is 142 Å². The van der Waals surface area contributed by atoms with Gasteiger partial charge in [-0.25, -0.2) is 0 Å². The van der Waals surface area contributed by atoms with Gasteiger partial charge in [0, 0.05) is 13.0 Å². The number of hydrogen-bond donors (Lipinski definition) is 0. The zero-order valence-corrected chi connectivity index (χ0v) is 13.4.